The molecule has 2 heterocycles. The maximum absolute atomic E-state index is 13.3. The summed E-state index contributed by atoms with van der Waals surface area (Å²) in [5, 5.41) is 11.9. The summed E-state index contributed by atoms with van der Waals surface area (Å²) in [6, 6.07) is 9.20. The number of piperidine rings is 1. The Morgan fingerprint density at radius 3 is 2.78 bits per heavy atom. The largest absolute Gasteiger partial charge is 0.339 e. The van der Waals surface area contributed by atoms with Crippen molar-refractivity contribution in [2.45, 2.75) is 51.0 Å². The van der Waals surface area contributed by atoms with Gasteiger partial charge < -0.3 is 15.1 Å². The lowest BCUT2D eigenvalue weighted by Gasteiger charge is -2.42. The third-order valence-electron chi connectivity index (χ3n) is 6.42. The molecular weight excluding hydrogens is 340 g/mol. The van der Waals surface area contributed by atoms with Crippen LogP contribution in [0.5, 0.6) is 0 Å². The Morgan fingerprint density at radius 2 is 2.00 bits per heavy atom. The van der Waals surface area contributed by atoms with E-state index in [1.807, 2.05) is 0 Å². The van der Waals surface area contributed by atoms with Gasteiger partial charge in [-0.3, -0.25) is 4.79 Å². The molecule has 0 bridgehead atoms. The molecule has 1 spiro atoms. The molecule has 1 N–H and O–H groups in total. The molecule has 0 radical (unpaired) electrons. The van der Waals surface area contributed by atoms with Crippen molar-refractivity contribution in [2.24, 2.45) is 5.41 Å². The number of nitriles is 1. The zero-order valence-corrected chi connectivity index (χ0v) is 15.6. The number of urea groups is 1. The fourth-order valence-electron chi connectivity index (χ4n) is 4.96. The van der Waals surface area contributed by atoms with Crippen LogP contribution in [-0.4, -0.2) is 47.4 Å². The van der Waals surface area contributed by atoms with Gasteiger partial charge in [0.05, 0.1) is 17.0 Å². The second-order valence-corrected chi connectivity index (χ2v) is 8.12. The summed E-state index contributed by atoms with van der Waals surface area (Å²) in [6.07, 6.45) is 7.35. The Labute approximate surface area is 160 Å². The standard InChI is InChI=1S/C21H26N4O2/c22-14-16-5-3-6-17(13-16)23-20(27)24-12-10-21(15-24)9-4-11-25(19(21)26)18-7-1-2-8-18/h3,5-6,13,18H,1-2,4,7-12,15H2,(H,23,27). The van der Waals surface area contributed by atoms with Crippen LogP contribution in [0.15, 0.2) is 24.3 Å². The molecule has 3 fully saturated rings. The Hall–Kier alpha value is -2.55. The fourth-order valence-corrected chi connectivity index (χ4v) is 4.96. The Kier molecular flexibility index (Phi) is 4.77. The molecule has 1 saturated carbocycles. The van der Waals surface area contributed by atoms with Crippen LogP contribution in [0.2, 0.25) is 0 Å². The van der Waals surface area contributed by atoms with E-state index >= 15 is 0 Å². The highest BCUT2D eigenvalue weighted by molar-refractivity contribution is 5.91. The van der Waals surface area contributed by atoms with E-state index in [0.717, 1.165) is 38.6 Å². The van der Waals surface area contributed by atoms with Gasteiger partial charge in [0.1, 0.15) is 0 Å². The molecule has 1 aliphatic carbocycles. The SMILES string of the molecule is N#Cc1cccc(NC(=O)N2CCC3(CCCN(C4CCCC4)C3=O)C2)c1. The molecule has 6 heteroatoms. The minimum Gasteiger partial charge on any atom is -0.339 e. The molecule has 27 heavy (non-hydrogen) atoms. The summed E-state index contributed by atoms with van der Waals surface area (Å²) in [6.45, 7) is 1.98. The van der Waals surface area contributed by atoms with Crippen molar-refractivity contribution in [3.05, 3.63) is 29.8 Å². The second-order valence-electron chi connectivity index (χ2n) is 8.12. The van der Waals surface area contributed by atoms with Crippen LogP contribution in [0.1, 0.15) is 50.5 Å². The van der Waals surface area contributed by atoms with Crippen molar-refractivity contribution in [3.8, 4) is 6.07 Å². The molecule has 4 rings (SSSR count). The third-order valence-corrected chi connectivity index (χ3v) is 6.42. The van der Waals surface area contributed by atoms with Gasteiger partial charge in [-0.25, -0.2) is 4.79 Å². The normalized spacial score (nSPS) is 25.8. The van der Waals surface area contributed by atoms with Crippen molar-refractivity contribution >= 4 is 17.6 Å². The van der Waals surface area contributed by atoms with Gasteiger partial charge in [0, 0.05) is 31.4 Å². The van der Waals surface area contributed by atoms with E-state index in [1.165, 1.54) is 12.8 Å². The number of carbonyl (C=O) groups excluding carboxylic acids is 2. The van der Waals surface area contributed by atoms with E-state index in [9.17, 15) is 9.59 Å². The molecule has 1 unspecified atom stereocenters. The van der Waals surface area contributed by atoms with Crippen molar-refractivity contribution < 1.29 is 9.59 Å². The first-order valence-electron chi connectivity index (χ1n) is 9.98. The molecule has 3 aliphatic rings. The van der Waals surface area contributed by atoms with Crippen LogP contribution >= 0.6 is 0 Å². The highest BCUT2D eigenvalue weighted by atomic mass is 16.2. The van der Waals surface area contributed by atoms with Gasteiger partial charge in [0.2, 0.25) is 5.91 Å². The Bertz CT molecular complexity index is 781. The fraction of sp³-hybridized carbons (Fsp3) is 0.571. The maximum atomic E-state index is 13.3. The molecule has 6 nitrogen and oxygen atoms in total. The molecule has 2 saturated heterocycles. The van der Waals surface area contributed by atoms with Crippen molar-refractivity contribution in [1.82, 2.24) is 9.80 Å². The van der Waals surface area contributed by atoms with Gasteiger partial charge in [0.15, 0.2) is 0 Å². The Morgan fingerprint density at radius 1 is 1.19 bits per heavy atom. The lowest BCUT2D eigenvalue weighted by molar-refractivity contribution is -0.148. The van der Waals surface area contributed by atoms with E-state index in [2.05, 4.69) is 16.3 Å². The van der Waals surface area contributed by atoms with Gasteiger partial charge in [-0.05, 0) is 50.3 Å². The van der Waals surface area contributed by atoms with E-state index in [4.69, 9.17) is 5.26 Å². The van der Waals surface area contributed by atoms with Crippen molar-refractivity contribution in [3.63, 3.8) is 0 Å². The first-order chi connectivity index (χ1) is 13.1. The van der Waals surface area contributed by atoms with Crippen LogP contribution < -0.4 is 5.32 Å². The minimum atomic E-state index is -0.396. The summed E-state index contributed by atoms with van der Waals surface area (Å²) in [4.78, 5) is 29.8. The quantitative estimate of drug-likeness (QED) is 0.872. The number of nitrogens with one attached hydrogen (secondary N) is 1. The van der Waals surface area contributed by atoms with E-state index in [0.29, 0.717) is 30.4 Å². The second kappa shape index (κ2) is 7.22. The van der Waals surface area contributed by atoms with E-state index in [-0.39, 0.29) is 11.9 Å². The monoisotopic (exact) mass is 366 g/mol. The molecule has 1 atom stereocenters. The molecule has 1 aromatic carbocycles. The van der Waals surface area contributed by atoms with Crippen LogP contribution in [0, 0.1) is 16.7 Å². The van der Waals surface area contributed by atoms with E-state index < -0.39 is 5.41 Å². The number of hydrogen-bond acceptors (Lipinski definition) is 3. The number of anilines is 1. The van der Waals surface area contributed by atoms with Gasteiger partial charge in [-0.1, -0.05) is 18.9 Å². The zero-order chi connectivity index (χ0) is 18.9. The summed E-state index contributed by atoms with van der Waals surface area (Å²) in [7, 11) is 0. The summed E-state index contributed by atoms with van der Waals surface area (Å²) in [5.74, 6) is 0.266. The average Bonchev–Trinajstić information content (AvgIpc) is 3.35. The molecular formula is C21H26N4O2. The van der Waals surface area contributed by atoms with Gasteiger partial charge in [0.25, 0.3) is 0 Å². The molecule has 0 aromatic heterocycles. The highest BCUT2D eigenvalue weighted by Gasteiger charge is 2.50. The van der Waals surface area contributed by atoms with Gasteiger partial charge in [-0.2, -0.15) is 5.26 Å². The third kappa shape index (κ3) is 3.39. The average molecular weight is 366 g/mol. The lowest BCUT2D eigenvalue weighted by atomic mass is 9.77. The summed E-state index contributed by atoms with van der Waals surface area (Å²) in [5.41, 5.74) is 0.732. The van der Waals surface area contributed by atoms with Gasteiger partial charge in [-0.15, -0.1) is 0 Å². The number of amides is 3. The number of hydrogen-bond donors (Lipinski definition) is 1. The number of rotatable bonds is 2. The minimum absolute atomic E-state index is 0.187. The number of likely N-dealkylation sites (tertiary alicyclic amines) is 2. The van der Waals surface area contributed by atoms with Gasteiger partial charge >= 0.3 is 6.03 Å². The molecule has 142 valence electrons. The summed E-state index contributed by atoms with van der Waals surface area (Å²) < 4.78 is 0. The first-order valence-corrected chi connectivity index (χ1v) is 9.98. The molecule has 1 aromatic rings. The van der Waals surface area contributed by atoms with Crippen molar-refractivity contribution in [2.75, 3.05) is 25.0 Å². The lowest BCUT2D eigenvalue weighted by Crippen LogP contribution is -2.53. The predicted molar refractivity (Wildman–Crippen MR) is 102 cm³/mol. The van der Waals surface area contributed by atoms with Crippen molar-refractivity contribution in [1.29, 1.82) is 5.26 Å². The van der Waals surface area contributed by atoms with Crippen LogP contribution in [0.3, 0.4) is 0 Å². The summed E-state index contributed by atoms with van der Waals surface area (Å²) >= 11 is 0. The topological polar surface area (TPSA) is 76.4 Å². The van der Waals surface area contributed by atoms with E-state index in [1.54, 1.807) is 29.2 Å². The molecule has 2 aliphatic heterocycles. The number of carbonyl (C=O) groups is 2. The number of nitrogens with zero attached hydrogens (tertiary/aromatic N) is 3. The zero-order valence-electron chi connectivity index (χ0n) is 15.6. The smallest absolute Gasteiger partial charge is 0.321 e. The highest BCUT2D eigenvalue weighted by Crippen LogP contribution is 2.42. The maximum Gasteiger partial charge on any atom is 0.321 e. The van der Waals surface area contributed by atoms with Crippen LogP contribution in [-0.2, 0) is 4.79 Å². The predicted octanol–water partition coefficient (Wildman–Crippen LogP) is 3.35. The number of benzene rings is 1. The van der Waals surface area contributed by atoms with Crippen LogP contribution in [0.25, 0.3) is 0 Å². The Balaban J connectivity index is 1.43. The first kappa shape index (κ1) is 17.8. The van der Waals surface area contributed by atoms with Crippen LogP contribution in [0.4, 0.5) is 10.5 Å². The molecule has 3 amide bonds.